The maximum atomic E-state index is 10.3. The maximum absolute atomic E-state index is 10.3. The van der Waals surface area contributed by atoms with Gasteiger partial charge in [-0.15, -0.1) is 11.3 Å². The van der Waals surface area contributed by atoms with Crippen LogP contribution in [0.2, 0.25) is 0 Å². The molecule has 3 nitrogen and oxygen atoms in total. The number of aliphatic imine (C=N–C) groups is 1. The molecule has 0 spiro atoms. The molecule has 0 bridgehead atoms. The van der Waals surface area contributed by atoms with Crippen LogP contribution in [0.3, 0.4) is 0 Å². The van der Waals surface area contributed by atoms with E-state index in [4.69, 9.17) is 4.99 Å². The van der Waals surface area contributed by atoms with E-state index in [1.54, 1.807) is 17.4 Å². The van der Waals surface area contributed by atoms with Gasteiger partial charge in [0.1, 0.15) is 11.9 Å². The second-order valence-electron chi connectivity index (χ2n) is 6.29. The number of nitrogens with zero attached hydrogens (tertiary/aromatic N) is 1. The molecule has 2 heterocycles. The fraction of sp³-hybridized carbons (Fsp3) is 0.190. The summed E-state index contributed by atoms with van der Waals surface area (Å²) in [6.45, 7) is 2.12. The van der Waals surface area contributed by atoms with Crippen LogP contribution in [0.15, 0.2) is 71.0 Å². The van der Waals surface area contributed by atoms with E-state index < -0.39 is 0 Å². The van der Waals surface area contributed by atoms with E-state index in [2.05, 4.69) is 35.8 Å². The monoisotopic (exact) mass is 348 g/mol. The summed E-state index contributed by atoms with van der Waals surface area (Å²) in [7, 11) is 0. The van der Waals surface area contributed by atoms with Gasteiger partial charge in [0.15, 0.2) is 0 Å². The minimum Gasteiger partial charge on any atom is -0.508 e. The standard InChI is InChI=1S/C21H20N2OS/c1-14-11-12-25-20(14)21-22-17(15-7-3-2-4-8-15)13-18(23-21)16-9-5-6-10-19(16)24/h2-12,18,21,23-24H,13H2,1H3/t18-,21+/m1/s1. The van der Waals surface area contributed by atoms with Crippen LogP contribution in [0.4, 0.5) is 0 Å². The van der Waals surface area contributed by atoms with Gasteiger partial charge in [-0.3, -0.25) is 10.3 Å². The summed E-state index contributed by atoms with van der Waals surface area (Å²) in [6.07, 6.45) is 0.663. The molecule has 0 saturated heterocycles. The molecule has 25 heavy (non-hydrogen) atoms. The third-order valence-corrected chi connectivity index (χ3v) is 5.68. The van der Waals surface area contributed by atoms with Gasteiger partial charge >= 0.3 is 0 Å². The van der Waals surface area contributed by atoms with E-state index >= 15 is 0 Å². The van der Waals surface area contributed by atoms with Gasteiger partial charge in [0, 0.05) is 28.6 Å². The van der Waals surface area contributed by atoms with Crippen LogP contribution >= 0.6 is 11.3 Å². The Morgan fingerprint density at radius 3 is 2.52 bits per heavy atom. The number of phenolic OH excluding ortho intramolecular Hbond substituents is 1. The number of thiophene rings is 1. The molecule has 0 unspecified atom stereocenters. The fourth-order valence-corrected chi connectivity index (χ4v) is 4.21. The summed E-state index contributed by atoms with van der Waals surface area (Å²) < 4.78 is 0. The molecule has 1 aliphatic heterocycles. The summed E-state index contributed by atoms with van der Waals surface area (Å²) in [6, 6.07) is 20.0. The van der Waals surface area contributed by atoms with Gasteiger partial charge in [-0.1, -0.05) is 48.5 Å². The van der Waals surface area contributed by atoms with E-state index in [1.165, 1.54) is 10.4 Å². The highest BCUT2D eigenvalue weighted by Crippen LogP contribution is 2.36. The smallest absolute Gasteiger partial charge is 0.135 e. The van der Waals surface area contributed by atoms with E-state index in [1.807, 2.05) is 36.4 Å². The number of nitrogens with one attached hydrogen (secondary N) is 1. The van der Waals surface area contributed by atoms with Crippen molar-refractivity contribution >= 4 is 17.0 Å². The molecule has 1 aromatic heterocycles. The molecule has 126 valence electrons. The van der Waals surface area contributed by atoms with Crippen LogP contribution in [-0.4, -0.2) is 10.8 Å². The predicted octanol–water partition coefficient (Wildman–Crippen LogP) is 4.98. The van der Waals surface area contributed by atoms with Crippen molar-refractivity contribution < 1.29 is 5.11 Å². The summed E-state index contributed by atoms with van der Waals surface area (Å²) in [4.78, 5) is 6.23. The van der Waals surface area contributed by atoms with E-state index in [9.17, 15) is 5.11 Å². The van der Waals surface area contributed by atoms with Crippen molar-refractivity contribution in [2.24, 2.45) is 4.99 Å². The lowest BCUT2D eigenvalue weighted by Gasteiger charge is -2.30. The molecule has 2 aromatic carbocycles. The van der Waals surface area contributed by atoms with Crippen molar-refractivity contribution in [3.8, 4) is 5.75 Å². The van der Waals surface area contributed by atoms with Crippen LogP contribution in [0, 0.1) is 6.92 Å². The topological polar surface area (TPSA) is 44.6 Å². The number of hydrogen-bond donors (Lipinski definition) is 2. The van der Waals surface area contributed by atoms with Crippen molar-refractivity contribution in [3.05, 3.63) is 87.6 Å². The van der Waals surface area contributed by atoms with E-state index in [-0.39, 0.29) is 12.2 Å². The first-order chi connectivity index (χ1) is 12.2. The Balaban J connectivity index is 1.76. The summed E-state index contributed by atoms with van der Waals surface area (Å²) in [5.74, 6) is 0.330. The molecule has 2 N–H and O–H groups in total. The molecule has 0 saturated carbocycles. The number of benzene rings is 2. The highest BCUT2D eigenvalue weighted by molar-refractivity contribution is 7.10. The number of aryl methyl sites for hydroxylation is 1. The quantitative estimate of drug-likeness (QED) is 0.701. The van der Waals surface area contributed by atoms with Crippen LogP contribution in [0.1, 0.15) is 40.2 Å². The molecule has 0 aliphatic carbocycles. The highest BCUT2D eigenvalue weighted by Gasteiger charge is 2.28. The normalized spacial score (nSPS) is 20.3. The number of para-hydroxylation sites is 1. The van der Waals surface area contributed by atoms with E-state index in [0.717, 1.165) is 23.3 Å². The Kier molecular flexibility index (Phi) is 4.38. The first-order valence-corrected chi connectivity index (χ1v) is 9.30. The Bertz CT molecular complexity index is 901. The van der Waals surface area contributed by atoms with Crippen molar-refractivity contribution in [1.82, 2.24) is 5.32 Å². The minimum absolute atomic E-state index is 0.0282. The molecule has 0 fully saturated rings. The van der Waals surface area contributed by atoms with Crippen LogP contribution in [0.5, 0.6) is 5.75 Å². The minimum atomic E-state index is -0.0893. The van der Waals surface area contributed by atoms with Crippen LogP contribution < -0.4 is 5.32 Å². The molecule has 4 heteroatoms. The van der Waals surface area contributed by atoms with Gasteiger partial charge in [-0.2, -0.15) is 0 Å². The average molecular weight is 348 g/mol. The van der Waals surface area contributed by atoms with E-state index in [0.29, 0.717) is 5.75 Å². The second kappa shape index (κ2) is 6.82. The molecule has 3 aromatic rings. The molecule has 0 amide bonds. The maximum Gasteiger partial charge on any atom is 0.135 e. The zero-order valence-corrected chi connectivity index (χ0v) is 14.8. The number of rotatable bonds is 3. The van der Waals surface area contributed by atoms with Crippen molar-refractivity contribution in [2.45, 2.75) is 25.6 Å². The molecular weight excluding hydrogens is 328 g/mol. The Labute approximate surface area is 151 Å². The molecule has 0 radical (unpaired) electrons. The summed E-state index contributed by atoms with van der Waals surface area (Å²) in [5.41, 5.74) is 4.38. The van der Waals surface area contributed by atoms with Gasteiger partial charge in [0.25, 0.3) is 0 Å². The lowest BCUT2D eigenvalue weighted by atomic mass is 9.94. The van der Waals surface area contributed by atoms with Crippen molar-refractivity contribution in [3.63, 3.8) is 0 Å². The summed E-state index contributed by atoms with van der Waals surface area (Å²) >= 11 is 1.72. The van der Waals surface area contributed by atoms with Gasteiger partial charge in [-0.05, 0) is 35.6 Å². The van der Waals surface area contributed by atoms with Gasteiger partial charge in [0.05, 0.1) is 0 Å². The number of hydrogen-bond acceptors (Lipinski definition) is 4. The summed E-state index contributed by atoms with van der Waals surface area (Å²) in [5, 5.41) is 16.0. The molecule has 1 aliphatic rings. The number of aromatic hydroxyl groups is 1. The Morgan fingerprint density at radius 1 is 1.04 bits per heavy atom. The lowest BCUT2D eigenvalue weighted by molar-refractivity contribution is 0.415. The second-order valence-corrected chi connectivity index (χ2v) is 7.24. The third kappa shape index (κ3) is 3.23. The van der Waals surface area contributed by atoms with Gasteiger partial charge < -0.3 is 5.11 Å². The van der Waals surface area contributed by atoms with Crippen LogP contribution in [0.25, 0.3) is 0 Å². The Hall–Kier alpha value is -2.43. The largest absolute Gasteiger partial charge is 0.508 e. The molecular formula is C21H20N2OS. The fourth-order valence-electron chi connectivity index (χ4n) is 3.29. The molecule has 4 rings (SSSR count). The lowest BCUT2D eigenvalue weighted by Crippen LogP contribution is -2.33. The van der Waals surface area contributed by atoms with Crippen LogP contribution in [-0.2, 0) is 0 Å². The van der Waals surface area contributed by atoms with Gasteiger partial charge in [0.2, 0.25) is 0 Å². The SMILES string of the molecule is Cc1ccsc1[C@H]1N=C(c2ccccc2)C[C@H](c2ccccc2O)N1. The first kappa shape index (κ1) is 16.1. The zero-order chi connectivity index (χ0) is 17.2. The molecule has 2 atom stereocenters. The highest BCUT2D eigenvalue weighted by atomic mass is 32.1. The Morgan fingerprint density at radius 2 is 1.80 bits per heavy atom. The average Bonchev–Trinajstić information content (AvgIpc) is 3.08. The zero-order valence-electron chi connectivity index (χ0n) is 14.0. The number of phenols is 1. The van der Waals surface area contributed by atoms with Crippen molar-refractivity contribution in [1.29, 1.82) is 0 Å². The predicted molar refractivity (Wildman–Crippen MR) is 103 cm³/mol. The first-order valence-electron chi connectivity index (χ1n) is 8.42. The van der Waals surface area contributed by atoms with Gasteiger partial charge in [-0.25, -0.2) is 0 Å². The third-order valence-electron chi connectivity index (χ3n) is 4.61. The van der Waals surface area contributed by atoms with Crippen molar-refractivity contribution in [2.75, 3.05) is 0 Å².